The lowest BCUT2D eigenvalue weighted by Crippen LogP contribution is -2.41. The SMILES string of the molecule is COc1ccc(OC)c(N(CC(=O)NC(C)c2ccccc2OC)S(=O)(=O)c2ccc(OC)c(OC)c2)c1. The topological polar surface area (TPSA) is 113 Å². The molecule has 3 aromatic carbocycles. The highest BCUT2D eigenvalue weighted by molar-refractivity contribution is 7.92. The molecular weight excluding hydrogens is 512 g/mol. The number of nitrogens with zero attached hydrogens (tertiary/aromatic N) is 1. The average Bonchev–Trinajstić information content (AvgIpc) is 2.94. The molecule has 1 atom stereocenters. The average molecular weight is 545 g/mol. The highest BCUT2D eigenvalue weighted by Gasteiger charge is 2.31. The van der Waals surface area contributed by atoms with Crippen molar-refractivity contribution < 1.29 is 36.9 Å². The number of carbonyl (C=O) groups excluding carboxylic acids is 1. The van der Waals surface area contributed by atoms with Gasteiger partial charge in [-0.25, -0.2) is 8.42 Å². The fourth-order valence-corrected chi connectivity index (χ4v) is 5.35. The number of benzene rings is 3. The number of hydrogen-bond acceptors (Lipinski definition) is 8. The molecule has 1 N–H and O–H groups in total. The van der Waals surface area contributed by atoms with Gasteiger partial charge in [0.05, 0.1) is 52.2 Å². The molecule has 10 nitrogen and oxygen atoms in total. The van der Waals surface area contributed by atoms with E-state index in [0.29, 0.717) is 17.2 Å². The molecule has 0 radical (unpaired) electrons. The number of hydrogen-bond donors (Lipinski definition) is 1. The number of sulfonamides is 1. The standard InChI is InChI=1S/C27H32N2O8S/c1-18(21-9-7-8-10-23(21)34-3)28-27(30)17-29(22-15-19(33-2)11-13-24(22)35-4)38(31,32)20-12-14-25(36-5)26(16-20)37-6/h7-16,18H,17H2,1-6H3,(H,28,30). The van der Waals surface area contributed by atoms with Crippen LogP contribution in [0.3, 0.4) is 0 Å². The van der Waals surface area contributed by atoms with E-state index in [1.807, 2.05) is 18.2 Å². The molecule has 0 saturated carbocycles. The van der Waals surface area contributed by atoms with Crippen LogP contribution >= 0.6 is 0 Å². The zero-order chi connectivity index (χ0) is 27.9. The molecule has 0 aliphatic rings. The molecule has 38 heavy (non-hydrogen) atoms. The monoisotopic (exact) mass is 544 g/mol. The number of nitrogens with one attached hydrogen (secondary N) is 1. The Hall–Kier alpha value is -4.12. The van der Waals surface area contributed by atoms with Crippen LogP contribution in [-0.2, 0) is 14.8 Å². The van der Waals surface area contributed by atoms with E-state index in [1.54, 1.807) is 32.2 Å². The number of carbonyl (C=O) groups is 1. The summed E-state index contributed by atoms with van der Waals surface area (Å²) < 4.78 is 55.7. The van der Waals surface area contributed by atoms with Gasteiger partial charge in [-0.1, -0.05) is 18.2 Å². The summed E-state index contributed by atoms with van der Waals surface area (Å²) >= 11 is 0. The van der Waals surface area contributed by atoms with Crippen molar-refractivity contribution in [3.8, 4) is 28.7 Å². The Bertz CT molecular complexity index is 1380. The molecule has 0 bridgehead atoms. The van der Waals surface area contributed by atoms with Gasteiger partial charge >= 0.3 is 0 Å². The molecule has 0 aromatic heterocycles. The third kappa shape index (κ3) is 6.05. The molecule has 0 fully saturated rings. The molecule has 3 rings (SSSR count). The second-order valence-electron chi connectivity index (χ2n) is 8.10. The molecule has 1 amide bonds. The number of ether oxygens (including phenoxy) is 5. The van der Waals surface area contributed by atoms with E-state index >= 15 is 0 Å². The van der Waals surface area contributed by atoms with Gasteiger partial charge in [-0.15, -0.1) is 0 Å². The first-order chi connectivity index (χ1) is 18.2. The number of amides is 1. The first kappa shape index (κ1) is 28.5. The van der Waals surface area contributed by atoms with E-state index in [-0.39, 0.29) is 22.1 Å². The lowest BCUT2D eigenvalue weighted by molar-refractivity contribution is -0.120. The van der Waals surface area contributed by atoms with E-state index in [1.165, 1.54) is 52.7 Å². The molecular formula is C27H32N2O8S. The fourth-order valence-electron chi connectivity index (χ4n) is 3.91. The fraction of sp³-hybridized carbons (Fsp3) is 0.296. The quantitative estimate of drug-likeness (QED) is 0.366. The molecule has 0 aliphatic heterocycles. The van der Waals surface area contributed by atoms with Gasteiger partial charge in [-0.2, -0.15) is 0 Å². The van der Waals surface area contributed by atoms with Crippen molar-refractivity contribution in [2.45, 2.75) is 17.9 Å². The summed E-state index contributed by atoms with van der Waals surface area (Å²) in [6.07, 6.45) is 0. The van der Waals surface area contributed by atoms with Gasteiger partial charge in [0.2, 0.25) is 5.91 Å². The van der Waals surface area contributed by atoms with Gasteiger partial charge in [0.25, 0.3) is 10.0 Å². The minimum Gasteiger partial charge on any atom is -0.497 e. The Kier molecular flexibility index (Phi) is 9.30. The minimum absolute atomic E-state index is 0.106. The maximum Gasteiger partial charge on any atom is 0.265 e. The summed E-state index contributed by atoms with van der Waals surface area (Å²) in [5, 5.41) is 2.86. The van der Waals surface area contributed by atoms with Crippen molar-refractivity contribution in [1.29, 1.82) is 0 Å². The van der Waals surface area contributed by atoms with Crippen molar-refractivity contribution >= 4 is 21.6 Å². The molecule has 11 heteroatoms. The number of para-hydroxylation sites is 1. The van der Waals surface area contributed by atoms with Gasteiger partial charge in [-0.3, -0.25) is 9.10 Å². The van der Waals surface area contributed by atoms with E-state index < -0.39 is 28.5 Å². The van der Waals surface area contributed by atoms with E-state index in [9.17, 15) is 13.2 Å². The van der Waals surface area contributed by atoms with E-state index in [2.05, 4.69) is 5.32 Å². The predicted molar refractivity (Wildman–Crippen MR) is 143 cm³/mol. The zero-order valence-electron chi connectivity index (χ0n) is 22.2. The second-order valence-corrected chi connectivity index (χ2v) is 9.96. The Morgan fingerprint density at radius 1 is 0.789 bits per heavy atom. The summed E-state index contributed by atoms with van der Waals surface area (Å²) in [4.78, 5) is 13.2. The maximum absolute atomic E-state index is 14.0. The van der Waals surface area contributed by atoms with Crippen LogP contribution in [0.4, 0.5) is 5.69 Å². The van der Waals surface area contributed by atoms with Gasteiger partial charge < -0.3 is 29.0 Å². The Morgan fingerprint density at radius 2 is 1.42 bits per heavy atom. The number of rotatable bonds is 12. The highest BCUT2D eigenvalue weighted by atomic mass is 32.2. The smallest absolute Gasteiger partial charge is 0.265 e. The largest absolute Gasteiger partial charge is 0.497 e. The summed E-state index contributed by atoms with van der Waals surface area (Å²) in [5.41, 5.74) is 0.873. The van der Waals surface area contributed by atoms with Crippen molar-refractivity contribution in [2.75, 3.05) is 46.4 Å². The summed E-state index contributed by atoms with van der Waals surface area (Å²) in [5.74, 6) is 1.26. The Morgan fingerprint density at radius 3 is 2.05 bits per heavy atom. The Labute approximate surface area is 223 Å². The molecule has 204 valence electrons. The predicted octanol–water partition coefficient (Wildman–Crippen LogP) is 3.80. The van der Waals surface area contributed by atoms with Crippen LogP contribution in [0, 0.1) is 0 Å². The van der Waals surface area contributed by atoms with Crippen LogP contribution in [0.25, 0.3) is 0 Å². The lowest BCUT2D eigenvalue weighted by atomic mass is 10.1. The Balaban J connectivity index is 2.06. The van der Waals surface area contributed by atoms with Crippen LogP contribution in [-0.4, -0.2) is 56.4 Å². The van der Waals surface area contributed by atoms with Crippen LogP contribution in [0.5, 0.6) is 28.7 Å². The van der Waals surface area contributed by atoms with E-state index in [4.69, 9.17) is 23.7 Å². The van der Waals surface area contributed by atoms with Gasteiger partial charge in [0.15, 0.2) is 11.5 Å². The first-order valence-corrected chi connectivity index (χ1v) is 13.0. The first-order valence-electron chi connectivity index (χ1n) is 11.6. The maximum atomic E-state index is 14.0. The number of methoxy groups -OCH3 is 5. The van der Waals surface area contributed by atoms with E-state index in [0.717, 1.165) is 9.87 Å². The van der Waals surface area contributed by atoms with Crippen LogP contribution < -0.4 is 33.3 Å². The van der Waals surface area contributed by atoms with Crippen LogP contribution in [0.15, 0.2) is 65.6 Å². The summed E-state index contributed by atoms with van der Waals surface area (Å²) in [7, 11) is 2.97. The molecule has 0 heterocycles. The van der Waals surface area contributed by atoms with Gasteiger partial charge in [-0.05, 0) is 37.3 Å². The van der Waals surface area contributed by atoms with Gasteiger partial charge in [0, 0.05) is 17.7 Å². The van der Waals surface area contributed by atoms with Crippen molar-refractivity contribution in [2.24, 2.45) is 0 Å². The lowest BCUT2D eigenvalue weighted by Gasteiger charge is -2.27. The molecule has 3 aromatic rings. The van der Waals surface area contributed by atoms with Crippen molar-refractivity contribution in [1.82, 2.24) is 5.32 Å². The van der Waals surface area contributed by atoms with Gasteiger partial charge in [0.1, 0.15) is 23.8 Å². The molecule has 0 aliphatic carbocycles. The third-order valence-corrected chi connectivity index (χ3v) is 7.62. The van der Waals surface area contributed by atoms with Crippen LogP contribution in [0.2, 0.25) is 0 Å². The second kappa shape index (κ2) is 12.4. The summed E-state index contributed by atoms with van der Waals surface area (Å²) in [6, 6.07) is 15.7. The minimum atomic E-state index is -4.30. The normalized spacial score (nSPS) is 11.7. The highest BCUT2D eigenvalue weighted by Crippen LogP contribution is 2.37. The molecule has 1 unspecified atom stereocenters. The van der Waals surface area contributed by atoms with Crippen molar-refractivity contribution in [3.05, 3.63) is 66.2 Å². The number of anilines is 1. The molecule has 0 saturated heterocycles. The summed E-state index contributed by atoms with van der Waals surface area (Å²) in [6.45, 7) is 1.24. The zero-order valence-corrected chi connectivity index (χ0v) is 23.0. The van der Waals surface area contributed by atoms with Crippen LogP contribution in [0.1, 0.15) is 18.5 Å². The third-order valence-electron chi connectivity index (χ3n) is 5.87. The van der Waals surface area contributed by atoms with Crippen molar-refractivity contribution in [3.63, 3.8) is 0 Å². The molecule has 0 spiro atoms.